The molecule has 4 aromatic carbocycles. The van der Waals surface area contributed by atoms with Crippen molar-refractivity contribution in [1.29, 1.82) is 0 Å². The molecule has 2 aliphatic rings. The summed E-state index contributed by atoms with van der Waals surface area (Å²) in [6, 6.07) is 43.8. The maximum Gasteiger partial charge on any atom is 0.0851 e. The Hall–Kier alpha value is -3.36. The van der Waals surface area contributed by atoms with E-state index in [0.717, 1.165) is 65.2 Å². The zero-order chi connectivity index (χ0) is 31.8. The largest absolute Gasteiger partial charge is 0.378 e. The molecule has 0 radical (unpaired) electrons. The second kappa shape index (κ2) is 18.7. The summed E-state index contributed by atoms with van der Waals surface area (Å²) < 4.78 is 11.5. The van der Waals surface area contributed by atoms with Gasteiger partial charge in [-0.15, -0.1) is 0 Å². The first-order chi connectivity index (χ1) is 22.7. The summed E-state index contributed by atoms with van der Waals surface area (Å²) in [4.78, 5) is 5.14. The highest BCUT2D eigenvalue weighted by atomic mass is 16.5. The number of nitrogens with one attached hydrogen (secondary N) is 2. The van der Waals surface area contributed by atoms with Gasteiger partial charge in [-0.05, 0) is 48.2 Å². The summed E-state index contributed by atoms with van der Waals surface area (Å²) in [6.07, 6.45) is 2.74. The highest BCUT2D eigenvalue weighted by Gasteiger charge is 2.31. The van der Waals surface area contributed by atoms with Crippen molar-refractivity contribution >= 4 is 0 Å². The SMILES string of the molecule is COC1CNCCC1N(Cc1ccccc1)Cc1ccccc1.CO[C@H]1CNCC[C@H]1N(Cc1ccccc1)Cc1ccccc1. The molecular weight excluding hydrogens is 568 g/mol. The minimum atomic E-state index is 0.246. The van der Waals surface area contributed by atoms with E-state index in [2.05, 4.69) is 142 Å². The Morgan fingerprint density at radius 3 is 1.02 bits per heavy atom. The first-order valence-electron chi connectivity index (χ1n) is 16.8. The number of rotatable bonds is 12. The number of hydrogen-bond donors (Lipinski definition) is 2. The predicted molar refractivity (Wildman–Crippen MR) is 188 cm³/mol. The molecule has 0 saturated carbocycles. The summed E-state index contributed by atoms with van der Waals surface area (Å²) in [5.74, 6) is 0. The molecule has 2 saturated heterocycles. The lowest BCUT2D eigenvalue weighted by Gasteiger charge is -2.39. The summed E-state index contributed by atoms with van der Waals surface area (Å²) in [7, 11) is 3.65. The Morgan fingerprint density at radius 1 is 0.478 bits per heavy atom. The molecule has 4 aromatic rings. The molecule has 2 unspecified atom stereocenters. The van der Waals surface area contributed by atoms with Crippen molar-refractivity contribution < 1.29 is 9.47 Å². The van der Waals surface area contributed by atoms with Gasteiger partial charge in [0.25, 0.3) is 0 Å². The van der Waals surface area contributed by atoms with Crippen LogP contribution < -0.4 is 10.6 Å². The summed E-state index contributed by atoms with van der Waals surface area (Å²) in [5.41, 5.74) is 5.43. The van der Waals surface area contributed by atoms with Crippen LogP contribution >= 0.6 is 0 Å². The van der Waals surface area contributed by atoms with Crippen LogP contribution in [-0.4, -0.2) is 74.5 Å². The number of methoxy groups -OCH3 is 2. The van der Waals surface area contributed by atoms with Gasteiger partial charge in [0.1, 0.15) is 0 Å². The molecule has 2 aliphatic heterocycles. The molecule has 6 heteroatoms. The van der Waals surface area contributed by atoms with Gasteiger partial charge in [0.2, 0.25) is 0 Å². The van der Waals surface area contributed by atoms with Gasteiger partial charge >= 0.3 is 0 Å². The van der Waals surface area contributed by atoms with Crippen LogP contribution in [-0.2, 0) is 35.7 Å². The summed E-state index contributed by atoms with van der Waals surface area (Å²) in [6.45, 7) is 7.82. The van der Waals surface area contributed by atoms with Gasteiger partial charge < -0.3 is 20.1 Å². The number of ether oxygens (including phenoxy) is 2. The first-order valence-corrected chi connectivity index (χ1v) is 16.8. The van der Waals surface area contributed by atoms with E-state index in [1.807, 2.05) is 14.2 Å². The Morgan fingerprint density at radius 2 is 0.761 bits per heavy atom. The molecule has 0 bridgehead atoms. The minimum Gasteiger partial charge on any atom is -0.378 e. The second-order valence-electron chi connectivity index (χ2n) is 12.4. The standard InChI is InChI=1S/2C20H26N2O/c2*1-23-20-14-21-13-12-19(20)22(15-17-8-4-2-5-9-17)16-18-10-6-3-7-11-18/h2*2-11,19-21H,12-16H2,1H3/t19-,20+;/m1./s1. The minimum absolute atomic E-state index is 0.246. The molecule has 2 heterocycles. The van der Waals surface area contributed by atoms with E-state index < -0.39 is 0 Å². The van der Waals surface area contributed by atoms with Crippen LogP contribution in [0.5, 0.6) is 0 Å². The van der Waals surface area contributed by atoms with Gasteiger partial charge in [0.05, 0.1) is 12.2 Å². The number of benzene rings is 4. The van der Waals surface area contributed by atoms with Gasteiger partial charge in [-0.3, -0.25) is 9.80 Å². The van der Waals surface area contributed by atoms with Crippen LogP contribution in [0, 0.1) is 0 Å². The van der Waals surface area contributed by atoms with Crippen molar-refractivity contribution in [2.45, 2.75) is 63.3 Å². The monoisotopic (exact) mass is 620 g/mol. The molecule has 244 valence electrons. The van der Waals surface area contributed by atoms with E-state index in [4.69, 9.17) is 9.47 Å². The lowest BCUT2D eigenvalue weighted by Crippen LogP contribution is -2.53. The molecule has 46 heavy (non-hydrogen) atoms. The Balaban J connectivity index is 0.000000181. The Labute approximate surface area is 276 Å². The number of hydrogen-bond acceptors (Lipinski definition) is 6. The zero-order valence-corrected chi connectivity index (χ0v) is 27.6. The van der Waals surface area contributed by atoms with E-state index >= 15 is 0 Å². The molecule has 4 atom stereocenters. The quantitative estimate of drug-likeness (QED) is 0.199. The molecule has 2 fully saturated rings. The molecule has 0 spiro atoms. The second-order valence-corrected chi connectivity index (χ2v) is 12.4. The maximum absolute atomic E-state index is 5.76. The fourth-order valence-corrected chi connectivity index (χ4v) is 6.80. The fourth-order valence-electron chi connectivity index (χ4n) is 6.80. The molecule has 0 aromatic heterocycles. The average molecular weight is 621 g/mol. The zero-order valence-electron chi connectivity index (χ0n) is 27.6. The normalized spacial score (nSPS) is 21.5. The third-order valence-corrected chi connectivity index (χ3v) is 9.24. The number of piperidine rings is 2. The van der Waals surface area contributed by atoms with Gasteiger partial charge in [0.15, 0.2) is 0 Å². The molecule has 0 amide bonds. The predicted octanol–water partition coefficient (Wildman–Crippen LogP) is 6.13. The number of nitrogens with zero attached hydrogens (tertiary/aromatic N) is 2. The highest BCUT2D eigenvalue weighted by Crippen LogP contribution is 2.22. The highest BCUT2D eigenvalue weighted by molar-refractivity contribution is 5.19. The van der Waals surface area contributed by atoms with Crippen LogP contribution in [0.15, 0.2) is 121 Å². The lowest BCUT2D eigenvalue weighted by molar-refractivity contribution is -0.00923. The van der Waals surface area contributed by atoms with Crippen molar-refractivity contribution in [3.05, 3.63) is 144 Å². The van der Waals surface area contributed by atoms with Crippen LogP contribution in [0.3, 0.4) is 0 Å². The van der Waals surface area contributed by atoms with Crippen molar-refractivity contribution in [2.75, 3.05) is 40.4 Å². The first kappa shape index (κ1) is 34.0. The molecular formula is C40H52N4O2. The maximum atomic E-state index is 5.76. The van der Waals surface area contributed by atoms with Crippen molar-refractivity contribution in [1.82, 2.24) is 20.4 Å². The van der Waals surface area contributed by atoms with Crippen LogP contribution in [0.4, 0.5) is 0 Å². The van der Waals surface area contributed by atoms with Gasteiger partial charge in [-0.1, -0.05) is 121 Å². The lowest BCUT2D eigenvalue weighted by atomic mass is 9.99. The van der Waals surface area contributed by atoms with Crippen molar-refractivity contribution in [3.63, 3.8) is 0 Å². The Bertz CT molecular complexity index is 1170. The Kier molecular flexibility index (Phi) is 13.8. The van der Waals surface area contributed by atoms with E-state index in [1.54, 1.807) is 0 Å². The van der Waals surface area contributed by atoms with Gasteiger partial charge in [-0.25, -0.2) is 0 Å². The third kappa shape index (κ3) is 10.3. The average Bonchev–Trinajstić information content (AvgIpc) is 3.13. The van der Waals surface area contributed by atoms with Crippen molar-refractivity contribution in [2.24, 2.45) is 0 Å². The molecule has 6 rings (SSSR count). The van der Waals surface area contributed by atoms with Crippen molar-refractivity contribution in [3.8, 4) is 0 Å². The van der Waals surface area contributed by atoms with Gasteiger partial charge in [0, 0.05) is 65.6 Å². The van der Waals surface area contributed by atoms with Crippen LogP contribution in [0.1, 0.15) is 35.1 Å². The topological polar surface area (TPSA) is 49.0 Å². The van der Waals surface area contributed by atoms with E-state index in [1.165, 1.54) is 22.3 Å². The van der Waals surface area contributed by atoms with E-state index in [9.17, 15) is 0 Å². The van der Waals surface area contributed by atoms with Gasteiger partial charge in [-0.2, -0.15) is 0 Å². The summed E-state index contributed by atoms with van der Waals surface area (Å²) in [5, 5.41) is 6.89. The fraction of sp³-hybridized carbons (Fsp3) is 0.400. The molecule has 6 nitrogen and oxygen atoms in total. The van der Waals surface area contributed by atoms with E-state index in [-0.39, 0.29) is 12.2 Å². The van der Waals surface area contributed by atoms with Crippen LogP contribution in [0.25, 0.3) is 0 Å². The van der Waals surface area contributed by atoms with E-state index in [0.29, 0.717) is 12.1 Å². The molecule has 0 aliphatic carbocycles. The van der Waals surface area contributed by atoms with Crippen LogP contribution in [0.2, 0.25) is 0 Å². The molecule has 2 N–H and O–H groups in total. The summed E-state index contributed by atoms with van der Waals surface area (Å²) >= 11 is 0. The smallest absolute Gasteiger partial charge is 0.0851 e. The third-order valence-electron chi connectivity index (χ3n) is 9.24.